The Hall–Kier alpha value is -3.35. The van der Waals surface area contributed by atoms with Crippen LogP contribution in [0.1, 0.15) is 75.3 Å². The number of fused-ring (bicyclic) bond motifs is 3. The molecule has 0 radical (unpaired) electrons. The molecule has 3 N–H and O–H groups in total. The molecular formula is C28H34N2O5. The van der Waals surface area contributed by atoms with Gasteiger partial charge >= 0.3 is 12.1 Å². The topological polar surface area (TPSA) is 105 Å². The number of carbonyl (C=O) groups excluding carboxylic acids is 2. The van der Waals surface area contributed by atoms with E-state index in [1.165, 1.54) is 11.1 Å². The molecule has 7 nitrogen and oxygen atoms in total. The molecule has 2 aromatic carbocycles. The Morgan fingerprint density at radius 1 is 1.00 bits per heavy atom. The number of hydrogen-bond donors (Lipinski definition) is 3. The Bertz CT molecular complexity index is 1030. The van der Waals surface area contributed by atoms with Crippen molar-refractivity contribution in [1.29, 1.82) is 0 Å². The monoisotopic (exact) mass is 478 g/mol. The van der Waals surface area contributed by atoms with Gasteiger partial charge in [-0.1, -0.05) is 74.7 Å². The predicted octanol–water partition coefficient (Wildman–Crippen LogP) is 4.99. The first-order valence-electron chi connectivity index (χ1n) is 12.6. The Morgan fingerprint density at radius 2 is 1.60 bits per heavy atom. The lowest BCUT2D eigenvalue weighted by Gasteiger charge is -2.38. The van der Waals surface area contributed by atoms with Crippen molar-refractivity contribution in [3.05, 3.63) is 59.7 Å². The third-order valence-electron chi connectivity index (χ3n) is 7.39. The molecular weight excluding hydrogens is 444 g/mol. The van der Waals surface area contributed by atoms with Crippen LogP contribution >= 0.6 is 0 Å². The number of alkyl carbamates (subject to hydrolysis) is 1. The summed E-state index contributed by atoms with van der Waals surface area (Å²) in [6.45, 7) is 1.97. The van der Waals surface area contributed by atoms with Crippen molar-refractivity contribution in [2.45, 2.75) is 75.8 Å². The lowest BCUT2D eigenvalue weighted by atomic mass is 9.78. The summed E-state index contributed by atoms with van der Waals surface area (Å²) in [6.07, 6.45) is 5.07. The largest absolute Gasteiger partial charge is 0.480 e. The van der Waals surface area contributed by atoms with Gasteiger partial charge in [0.25, 0.3) is 0 Å². The van der Waals surface area contributed by atoms with Crippen LogP contribution in [0.15, 0.2) is 48.5 Å². The molecule has 7 heteroatoms. The standard InChI is InChI=1S/C28H34N2O5/c1-2-24(26(32)33)29-25(31)14-17-28(15-8-3-9-16-28)30-27(34)35-18-23-21-12-6-4-10-19(21)20-11-5-7-13-22(20)23/h4-7,10-13,23-24H,2-3,8-9,14-18H2,1H3,(H,29,31)(H,30,34)(H,32,33)/t24-/m0/s1. The highest BCUT2D eigenvalue weighted by Gasteiger charge is 2.36. The van der Waals surface area contributed by atoms with Crippen LogP contribution in [-0.2, 0) is 14.3 Å². The van der Waals surface area contributed by atoms with Crippen LogP contribution in [-0.4, -0.2) is 41.3 Å². The molecule has 2 amide bonds. The Morgan fingerprint density at radius 3 is 2.17 bits per heavy atom. The smallest absolute Gasteiger partial charge is 0.407 e. The zero-order valence-corrected chi connectivity index (χ0v) is 20.2. The van der Waals surface area contributed by atoms with Gasteiger partial charge in [0.15, 0.2) is 0 Å². The van der Waals surface area contributed by atoms with Crippen LogP contribution in [0.5, 0.6) is 0 Å². The van der Waals surface area contributed by atoms with Gasteiger partial charge in [-0.25, -0.2) is 9.59 Å². The molecule has 0 unspecified atom stereocenters. The zero-order valence-electron chi connectivity index (χ0n) is 20.2. The zero-order chi connectivity index (χ0) is 24.8. The second-order valence-corrected chi connectivity index (χ2v) is 9.66. The molecule has 0 aliphatic heterocycles. The molecule has 0 heterocycles. The molecule has 1 saturated carbocycles. The fourth-order valence-corrected chi connectivity index (χ4v) is 5.47. The highest BCUT2D eigenvalue weighted by atomic mass is 16.5. The van der Waals surface area contributed by atoms with E-state index < -0.39 is 23.6 Å². The van der Waals surface area contributed by atoms with Crippen LogP contribution in [0.3, 0.4) is 0 Å². The minimum absolute atomic E-state index is 0.0109. The predicted molar refractivity (Wildman–Crippen MR) is 133 cm³/mol. The molecule has 35 heavy (non-hydrogen) atoms. The van der Waals surface area contributed by atoms with Crippen molar-refractivity contribution in [1.82, 2.24) is 10.6 Å². The number of rotatable bonds is 9. The summed E-state index contributed by atoms with van der Waals surface area (Å²) in [6, 6.07) is 15.5. The van der Waals surface area contributed by atoms with E-state index in [-0.39, 0.29) is 24.9 Å². The van der Waals surface area contributed by atoms with Crippen LogP contribution in [0.4, 0.5) is 4.79 Å². The van der Waals surface area contributed by atoms with E-state index in [4.69, 9.17) is 4.74 Å². The fourth-order valence-electron chi connectivity index (χ4n) is 5.47. The molecule has 2 aliphatic rings. The van der Waals surface area contributed by atoms with Gasteiger partial charge in [0.05, 0.1) is 0 Å². The minimum atomic E-state index is -1.04. The molecule has 186 valence electrons. The minimum Gasteiger partial charge on any atom is -0.480 e. The second kappa shape index (κ2) is 10.9. The second-order valence-electron chi connectivity index (χ2n) is 9.66. The van der Waals surface area contributed by atoms with E-state index in [1.54, 1.807) is 6.92 Å². The number of carbonyl (C=O) groups is 3. The molecule has 0 aromatic heterocycles. The van der Waals surface area contributed by atoms with Gasteiger partial charge in [0.2, 0.25) is 5.91 Å². The molecule has 1 fully saturated rings. The molecule has 4 rings (SSSR count). The van der Waals surface area contributed by atoms with E-state index in [0.717, 1.165) is 43.2 Å². The Kier molecular flexibility index (Phi) is 7.73. The van der Waals surface area contributed by atoms with E-state index >= 15 is 0 Å². The van der Waals surface area contributed by atoms with Crippen molar-refractivity contribution < 1.29 is 24.2 Å². The summed E-state index contributed by atoms with van der Waals surface area (Å²) in [5.41, 5.74) is 4.17. The maximum absolute atomic E-state index is 12.9. The molecule has 0 saturated heterocycles. The number of carboxylic acids is 1. The summed E-state index contributed by atoms with van der Waals surface area (Å²) in [4.78, 5) is 36.6. The quantitative estimate of drug-likeness (QED) is 0.471. The number of ether oxygens (including phenoxy) is 1. The molecule has 1 atom stereocenters. The summed E-state index contributed by atoms with van der Waals surface area (Å²) >= 11 is 0. The first-order valence-corrected chi connectivity index (χ1v) is 12.6. The summed E-state index contributed by atoms with van der Waals surface area (Å²) in [7, 11) is 0. The molecule has 0 bridgehead atoms. The Balaban J connectivity index is 1.38. The van der Waals surface area contributed by atoms with Crippen molar-refractivity contribution in [2.75, 3.05) is 6.61 Å². The summed E-state index contributed by atoms with van der Waals surface area (Å²) in [5, 5.41) is 14.9. The van der Waals surface area contributed by atoms with Gasteiger partial charge in [-0.05, 0) is 47.9 Å². The normalized spacial score (nSPS) is 17.1. The number of amides is 2. The highest BCUT2D eigenvalue weighted by molar-refractivity contribution is 5.83. The fraction of sp³-hybridized carbons (Fsp3) is 0.464. The SMILES string of the molecule is CC[C@H](NC(=O)CCC1(NC(=O)OCC2c3ccccc3-c3ccccc32)CCCCC1)C(=O)O. The molecule has 0 spiro atoms. The maximum Gasteiger partial charge on any atom is 0.407 e. The third-order valence-corrected chi connectivity index (χ3v) is 7.39. The van der Waals surface area contributed by atoms with Crippen molar-refractivity contribution in [3.8, 4) is 11.1 Å². The first kappa shape index (κ1) is 24.8. The maximum atomic E-state index is 12.9. The molecule has 2 aliphatic carbocycles. The van der Waals surface area contributed by atoms with Gasteiger partial charge in [0.1, 0.15) is 12.6 Å². The average Bonchev–Trinajstić information content (AvgIpc) is 3.19. The lowest BCUT2D eigenvalue weighted by Crippen LogP contribution is -2.51. The van der Waals surface area contributed by atoms with Gasteiger partial charge in [-0.15, -0.1) is 0 Å². The van der Waals surface area contributed by atoms with Crippen LogP contribution < -0.4 is 10.6 Å². The highest BCUT2D eigenvalue weighted by Crippen LogP contribution is 2.44. The summed E-state index contributed by atoms with van der Waals surface area (Å²) in [5.74, 6) is -1.35. The van der Waals surface area contributed by atoms with Gasteiger partial charge in [-0.3, -0.25) is 4.79 Å². The van der Waals surface area contributed by atoms with Gasteiger partial charge in [-0.2, -0.15) is 0 Å². The van der Waals surface area contributed by atoms with Crippen molar-refractivity contribution >= 4 is 18.0 Å². The van der Waals surface area contributed by atoms with E-state index in [2.05, 4.69) is 34.9 Å². The number of benzene rings is 2. The average molecular weight is 479 g/mol. The Labute approximate surface area is 206 Å². The van der Waals surface area contributed by atoms with Crippen molar-refractivity contribution in [2.24, 2.45) is 0 Å². The van der Waals surface area contributed by atoms with Gasteiger partial charge in [0, 0.05) is 17.9 Å². The van der Waals surface area contributed by atoms with Crippen LogP contribution in [0.2, 0.25) is 0 Å². The number of aliphatic carboxylic acids is 1. The van der Waals surface area contributed by atoms with Crippen molar-refractivity contribution in [3.63, 3.8) is 0 Å². The van der Waals surface area contributed by atoms with Crippen LogP contribution in [0.25, 0.3) is 11.1 Å². The summed E-state index contributed by atoms with van der Waals surface area (Å²) < 4.78 is 5.76. The van der Waals surface area contributed by atoms with Gasteiger partial charge < -0.3 is 20.5 Å². The van der Waals surface area contributed by atoms with E-state index in [9.17, 15) is 19.5 Å². The number of nitrogens with one attached hydrogen (secondary N) is 2. The third kappa shape index (κ3) is 5.66. The first-order chi connectivity index (χ1) is 16.9. The van der Waals surface area contributed by atoms with Crippen LogP contribution in [0, 0.1) is 0 Å². The van der Waals surface area contributed by atoms with E-state index in [1.807, 2.05) is 24.3 Å². The lowest BCUT2D eigenvalue weighted by molar-refractivity contribution is -0.141. The number of hydrogen-bond acceptors (Lipinski definition) is 4. The molecule has 2 aromatic rings. The number of carboxylic acid groups (broad SMARTS) is 1. The van der Waals surface area contributed by atoms with E-state index in [0.29, 0.717) is 12.8 Å².